The molecule has 1 aliphatic carbocycles. The molecule has 1 saturated heterocycles. The predicted octanol–water partition coefficient (Wildman–Crippen LogP) is 3.56. The minimum absolute atomic E-state index is 0.0205. The number of hydrogen-bond donors (Lipinski definition) is 2. The number of carboxylic acids is 1. The van der Waals surface area contributed by atoms with Crippen molar-refractivity contribution in [3.05, 3.63) is 35.6 Å². The quantitative estimate of drug-likeness (QED) is 0.877. The minimum Gasteiger partial charge on any atom is -0.481 e. The van der Waals surface area contributed by atoms with E-state index in [0.29, 0.717) is 32.2 Å². The molecule has 0 spiro atoms. The first-order valence-electron chi connectivity index (χ1n) is 9.01. The number of likely N-dealkylation sites (tertiary alicyclic amines) is 1. The maximum absolute atomic E-state index is 13.6. The van der Waals surface area contributed by atoms with Crippen LogP contribution in [0.5, 0.6) is 0 Å². The predicted molar refractivity (Wildman–Crippen MR) is 91.5 cm³/mol. The molecule has 1 heterocycles. The van der Waals surface area contributed by atoms with Crippen molar-refractivity contribution in [1.82, 2.24) is 10.2 Å². The van der Waals surface area contributed by atoms with Crippen LogP contribution in [0.1, 0.15) is 50.6 Å². The Bertz CT molecular complexity index is 643. The van der Waals surface area contributed by atoms with E-state index in [1.165, 1.54) is 12.1 Å². The van der Waals surface area contributed by atoms with Gasteiger partial charge in [-0.15, -0.1) is 0 Å². The van der Waals surface area contributed by atoms with Crippen LogP contribution in [-0.2, 0) is 4.79 Å². The van der Waals surface area contributed by atoms with Crippen molar-refractivity contribution < 1.29 is 19.1 Å². The summed E-state index contributed by atoms with van der Waals surface area (Å²) in [6.45, 7) is 2.74. The lowest BCUT2D eigenvalue weighted by Crippen LogP contribution is -2.46. The van der Waals surface area contributed by atoms with Gasteiger partial charge in [0.25, 0.3) is 0 Å². The van der Waals surface area contributed by atoms with E-state index in [9.17, 15) is 14.0 Å². The molecule has 2 unspecified atom stereocenters. The molecule has 136 valence electrons. The molecule has 6 heteroatoms. The number of nitrogens with zero attached hydrogens (tertiary/aromatic N) is 1. The molecule has 2 fully saturated rings. The maximum Gasteiger partial charge on any atom is 0.318 e. The number of carboxylic acid groups (broad SMARTS) is 1. The molecule has 2 atom stereocenters. The minimum atomic E-state index is -0.746. The van der Waals surface area contributed by atoms with Gasteiger partial charge in [-0.1, -0.05) is 19.1 Å². The standard InChI is InChI=1S/C19H25FN2O3/c1-12-9-10-22(17(12)14-3-2-4-15(20)11-14)19(25)21-16-7-5-13(6-8-16)18(23)24/h2-4,11-13,16-17H,5-10H2,1H3,(H,21,25)(H,23,24). The molecule has 1 aromatic rings. The number of aliphatic carboxylic acids is 1. The Morgan fingerprint density at radius 3 is 2.56 bits per heavy atom. The van der Waals surface area contributed by atoms with Crippen LogP contribution >= 0.6 is 0 Å². The fraction of sp³-hybridized carbons (Fsp3) is 0.579. The number of urea groups is 1. The molecule has 1 aliphatic heterocycles. The highest BCUT2D eigenvalue weighted by molar-refractivity contribution is 5.75. The molecular formula is C19H25FN2O3. The van der Waals surface area contributed by atoms with Crippen LogP contribution in [0.2, 0.25) is 0 Å². The van der Waals surface area contributed by atoms with E-state index in [-0.39, 0.29) is 35.8 Å². The van der Waals surface area contributed by atoms with Crippen LogP contribution in [0.25, 0.3) is 0 Å². The molecule has 0 aromatic heterocycles. The normalized spacial score (nSPS) is 29.4. The Balaban J connectivity index is 1.64. The number of rotatable bonds is 3. The van der Waals surface area contributed by atoms with Gasteiger partial charge in [0.2, 0.25) is 0 Å². The van der Waals surface area contributed by atoms with Crippen molar-refractivity contribution in [1.29, 1.82) is 0 Å². The first kappa shape index (κ1) is 17.7. The Kier molecular flexibility index (Phi) is 5.25. The maximum atomic E-state index is 13.6. The van der Waals surface area contributed by atoms with E-state index < -0.39 is 5.97 Å². The monoisotopic (exact) mass is 348 g/mol. The third-order valence-electron chi connectivity index (χ3n) is 5.56. The Morgan fingerprint density at radius 2 is 1.92 bits per heavy atom. The zero-order valence-electron chi connectivity index (χ0n) is 14.5. The average molecular weight is 348 g/mol. The summed E-state index contributed by atoms with van der Waals surface area (Å²) in [5.74, 6) is -1.05. The summed E-state index contributed by atoms with van der Waals surface area (Å²) < 4.78 is 13.6. The first-order valence-corrected chi connectivity index (χ1v) is 9.01. The summed E-state index contributed by atoms with van der Waals surface area (Å²) in [7, 11) is 0. The van der Waals surface area contributed by atoms with Crippen molar-refractivity contribution in [3.8, 4) is 0 Å². The van der Waals surface area contributed by atoms with Crippen LogP contribution < -0.4 is 5.32 Å². The number of nitrogens with one attached hydrogen (secondary N) is 1. The summed E-state index contributed by atoms with van der Waals surface area (Å²) in [5.41, 5.74) is 0.828. The zero-order valence-corrected chi connectivity index (χ0v) is 14.5. The third-order valence-corrected chi connectivity index (χ3v) is 5.56. The van der Waals surface area contributed by atoms with E-state index in [1.807, 2.05) is 6.07 Å². The fourth-order valence-electron chi connectivity index (χ4n) is 4.12. The largest absolute Gasteiger partial charge is 0.481 e. The van der Waals surface area contributed by atoms with Gasteiger partial charge in [0.1, 0.15) is 5.82 Å². The number of hydrogen-bond acceptors (Lipinski definition) is 2. The van der Waals surface area contributed by atoms with Crippen molar-refractivity contribution in [2.24, 2.45) is 11.8 Å². The molecule has 2 N–H and O–H groups in total. The summed E-state index contributed by atoms with van der Waals surface area (Å²) in [4.78, 5) is 25.6. The number of carbonyl (C=O) groups is 2. The van der Waals surface area contributed by atoms with E-state index in [1.54, 1.807) is 11.0 Å². The van der Waals surface area contributed by atoms with Gasteiger partial charge < -0.3 is 15.3 Å². The number of carbonyl (C=O) groups excluding carboxylic acids is 1. The summed E-state index contributed by atoms with van der Waals surface area (Å²) >= 11 is 0. The second-order valence-corrected chi connectivity index (χ2v) is 7.30. The topological polar surface area (TPSA) is 69.6 Å². The molecule has 3 rings (SSSR count). The van der Waals surface area contributed by atoms with Gasteiger partial charge in [-0.25, -0.2) is 9.18 Å². The third kappa shape index (κ3) is 3.94. The molecule has 2 amide bonds. The molecular weight excluding hydrogens is 323 g/mol. The lowest BCUT2D eigenvalue weighted by atomic mass is 9.86. The average Bonchev–Trinajstić information content (AvgIpc) is 2.97. The molecule has 2 aliphatic rings. The van der Waals surface area contributed by atoms with Gasteiger partial charge in [0.15, 0.2) is 0 Å². The molecule has 0 bridgehead atoms. The molecule has 0 radical (unpaired) electrons. The van der Waals surface area contributed by atoms with Crippen LogP contribution in [0.4, 0.5) is 9.18 Å². The van der Waals surface area contributed by atoms with Gasteiger partial charge in [-0.2, -0.15) is 0 Å². The lowest BCUT2D eigenvalue weighted by Gasteiger charge is -2.32. The highest BCUT2D eigenvalue weighted by Gasteiger charge is 2.37. The summed E-state index contributed by atoms with van der Waals surface area (Å²) in [5, 5.41) is 12.1. The van der Waals surface area contributed by atoms with E-state index in [2.05, 4.69) is 12.2 Å². The summed E-state index contributed by atoms with van der Waals surface area (Å²) in [6, 6.07) is 6.24. The number of amides is 2. The van der Waals surface area contributed by atoms with Crippen molar-refractivity contribution >= 4 is 12.0 Å². The van der Waals surface area contributed by atoms with Crippen molar-refractivity contribution in [2.45, 2.75) is 51.1 Å². The van der Waals surface area contributed by atoms with E-state index in [4.69, 9.17) is 5.11 Å². The van der Waals surface area contributed by atoms with E-state index in [0.717, 1.165) is 12.0 Å². The molecule has 5 nitrogen and oxygen atoms in total. The highest BCUT2D eigenvalue weighted by atomic mass is 19.1. The van der Waals surface area contributed by atoms with Gasteiger partial charge >= 0.3 is 12.0 Å². The lowest BCUT2D eigenvalue weighted by molar-refractivity contribution is -0.142. The van der Waals surface area contributed by atoms with Gasteiger partial charge in [-0.3, -0.25) is 4.79 Å². The van der Waals surface area contributed by atoms with Gasteiger partial charge in [0, 0.05) is 12.6 Å². The van der Waals surface area contributed by atoms with Crippen LogP contribution in [0, 0.1) is 17.7 Å². The Hall–Kier alpha value is -2.11. The van der Waals surface area contributed by atoms with Gasteiger partial charge in [0.05, 0.1) is 12.0 Å². The summed E-state index contributed by atoms with van der Waals surface area (Å²) in [6.07, 6.45) is 3.47. The second kappa shape index (κ2) is 7.42. The van der Waals surface area contributed by atoms with Crippen LogP contribution in [-0.4, -0.2) is 34.6 Å². The molecule has 1 saturated carbocycles. The fourth-order valence-corrected chi connectivity index (χ4v) is 4.12. The molecule has 25 heavy (non-hydrogen) atoms. The smallest absolute Gasteiger partial charge is 0.318 e. The highest BCUT2D eigenvalue weighted by Crippen LogP contribution is 2.37. The van der Waals surface area contributed by atoms with E-state index >= 15 is 0 Å². The zero-order chi connectivity index (χ0) is 18.0. The Labute approximate surface area is 147 Å². The van der Waals surface area contributed by atoms with Crippen LogP contribution in [0.3, 0.4) is 0 Å². The van der Waals surface area contributed by atoms with Crippen LogP contribution in [0.15, 0.2) is 24.3 Å². The second-order valence-electron chi connectivity index (χ2n) is 7.30. The number of benzene rings is 1. The first-order chi connectivity index (χ1) is 12.0. The van der Waals surface area contributed by atoms with Crippen molar-refractivity contribution in [2.75, 3.05) is 6.54 Å². The Morgan fingerprint density at radius 1 is 1.20 bits per heavy atom. The van der Waals surface area contributed by atoms with Gasteiger partial charge in [-0.05, 0) is 55.7 Å². The molecule has 1 aromatic carbocycles. The SMILES string of the molecule is CC1CCN(C(=O)NC2CCC(C(=O)O)CC2)C1c1cccc(F)c1. The number of halogens is 1. The van der Waals surface area contributed by atoms with Crippen molar-refractivity contribution in [3.63, 3.8) is 0 Å².